The van der Waals surface area contributed by atoms with Gasteiger partial charge in [0.15, 0.2) is 0 Å². The lowest BCUT2D eigenvalue weighted by molar-refractivity contribution is -0.122. The summed E-state index contributed by atoms with van der Waals surface area (Å²) < 4.78 is 27.4. The van der Waals surface area contributed by atoms with Crippen LogP contribution >= 0.6 is 0 Å². The average Bonchev–Trinajstić information content (AvgIpc) is 2.55. The second-order valence-electron chi connectivity index (χ2n) is 5.69. The van der Waals surface area contributed by atoms with Crippen molar-refractivity contribution in [3.63, 3.8) is 0 Å². The van der Waals surface area contributed by atoms with Crippen molar-refractivity contribution in [2.75, 3.05) is 0 Å². The lowest BCUT2D eigenvalue weighted by atomic mass is 10.2. The molecule has 0 saturated heterocycles. The Balaban J connectivity index is 2.03. The average molecular weight is 347 g/mol. The molecular formula is C17H21N3O3S. The van der Waals surface area contributed by atoms with E-state index in [2.05, 4.69) is 15.0 Å². The van der Waals surface area contributed by atoms with Crippen LogP contribution in [-0.2, 0) is 21.4 Å². The molecule has 128 valence electrons. The predicted molar refractivity (Wildman–Crippen MR) is 91.8 cm³/mol. The van der Waals surface area contributed by atoms with E-state index in [9.17, 15) is 13.2 Å². The quantitative estimate of drug-likeness (QED) is 0.832. The lowest BCUT2D eigenvalue weighted by Gasteiger charge is -2.16. The number of hydrogen-bond donors (Lipinski definition) is 2. The van der Waals surface area contributed by atoms with Gasteiger partial charge in [-0.25, -0.2) is 8.42 Å². The number of carbonyl (C=O) groups is 1. The molecule has 6 nitrogen and oxygen atoms in total. The van der Waals surface area contributed by atoms with Crippen LogP contribution in [0.25, 0.3) is 0 Å². The Morgan fingerprint density at radius 1 is 1.25 bits per heavy atom. The third kappa shape index (κ3) is 4.62. The van der Waals surface area contributed by atoms with Crippen molar-refractivity contribution < 1.29 is 13.2 Å². The normalized spacial score (nSPS) is 12.6. The number of amides is 1. The standard InChI is InChI=1S/C17H21N3O3S/c1-12-6-7-13(2)16(9-12)24(22,23)20-14(3)17(21)19-11-15-5-4-8-18-10-15/h4-10,14,20H,11H2,1-3H3,(H,19,21)/t14-/m0/s1. The summed E-state index contributed by atoms with van der Waals surface area (Å²) in [7, 11) is -3.76. The molecule has 0 aliphatic heterocycles. The summed E-state index contributed by atoms with van der Waals surface area (Å²) in [5.74, 6) is -0.396. The summed E-state index contributed by atoms with van der Waals surface area (Å²) in [6.07, 6.45) is 3.29. The van der Waals surface area contributed by atoms with E-state index in [1.165, 1.54) is 6.92 Å². The van der Waals surface area contributed by atoms with Crippen LogP contribution in [0.2, 0.25) is 0 Å². The van der Waals surface area contributed by atoms with E-state index >= 15 is 0 Å². The van der Waals surface area contributed by atoms with Gasteiger partial charge < -0.3 is 5.32 Å². The molecule has 2 N–H and O–H groups in total. The minimum Gasteiger partial charge on any atom is -0.351 e. The molecular weight excluding hydrogens is 326 g/mol. The van der Waals surface area contributed by atoms with Crippen molar-refractivity contribution in [1.82, 2.24) is 15.0 Å². The van der Waals surface area contributed by atoms with Gasteiger partial charge in [0.2, 0.25) is 15.9 Å². The van der Waals surface area contributed by atoms with Crippen LogP contribution in [0.3, 0.4) is 0 Å². The number of aromatic nitrogens is 1. The van der Waals surface area contributed by atoms with Gasteiger partial charge in [-0.15, -0.1) is 0 Å². The van der Waals surface area contributed by atoms with Crippen LogP contribution in [0.15, 0.2) is 47.6 Å². The van der Waals surface area contributed by atoms with Gasteiger partial charge >= 0.3 is 0 Å². The van der Waals surface area contributed by atoms with E-state index in [4.69, 9.17) is 0 Å². The van der Waals surface area contributed by atoms with Crippen LogP contribution in [0, 0.1) is 13.8 Å². The molecule has 7 heteroatoms. The first-order valence-electron chi connectivity index (χ1n) is 7.56. The zero-order valence-electron chi connectivity index (χ0n) is 13.9. The van der Waals surface area contributed by atoms with Crippen LogP contribution in [0.4, 0.5) is 0 Å². The maximum Gasteiger partial charge on any atom is 0.241 e. The van der Waals surface area contributed by atoms with Crippen molar-refractivity contribution >= 4 is 15.9 Å². The molecule has 2 rings (SSSR count). The van der Waals surface area contributed by atoms with Gasteiger partial charge in [-0.3, -0.25) is 9.78 Å². The fourth-order valence-electron chi connectivity index (χ4n) is 2.19. The molecule has 0 aliphatic carbocycles. The zero-order chi connectivity index (χ0) is 17.7. The van der Waals surface area contributed by atoms with Gasteiger partial charge in [0, 0.05) is 18.9 Å². The third-order valence-corrected chi connectivity index (χ3v) is 5.23. The summed E-state index contributed by atoms with van der Waals surface area (Å²) in [5, 5.41) is 2.69. The molecule has 1 aromatic heterocycles. The Morgan fingerprint density at radius 3 is 2.67 bits per heavy atom. The number of sulfonamides is 1. The molecule has 1 atom stereocenters. The van der Waals surface area contributed by atoms with Crippen LogP contribution in [-0.4, -0.2) is 25.4 Å². The maximum absolute atomic E-state index is 12.5. The highest BCUT2D eigenvalue weighted by atomic mass is 32.2. The summed E-state index contributed by atoms with van der Waals surface area (Å²) in [6.45, 7) is 5.35. The first-order valence-corrected chi connectivity index (χ1v) is 9.04. The molecule has 0 fully saturated rings. The van der Waals surface area contributed by atoms with Gasteiger partial charge in [-0.2, -0.15) is 4.72 Å². The van der Waals surface area contributed by atoms with E-state index in [-0.39, 0.29) is 4.90 Å². The number of carbonyl (C=O) groups excluding carboxylic acids is 1. The number of nitrogens with one attached hydrogen (secondary N) is 2. The van der Waals surface area contributed by atoms with Gasteiger partial charge in [-0.1, -0.05) is 18.2 Å². The zero-order valence-corrected chi connectivity index (χ0v) is 14.7. The molecule has 0 bridgehead atoms. The first kappa shape index (κ1) is 18.1. The van der Waals surface area contributed by atoms with E-state index in [0.29, 0.717) is 12.1 Å². The first-order chi connectivity index (χ1) is 11.3. The molecule has 0 spiro atoms. The molecule has 2 aromatic rings. The van der Waals surface area contributed by atoms with Crippen molar-refractivity contribution in [3.8, 4) is 0 Å². The minimum atomic E-state index is -3.76. The molecule has 0 radical (unpaired) electrons. The number of nitrogens with zero attached hydrogens (tertiary/aromatic N) is 1. The SMILES string of the molecule is Cc1ccc(C)c(S(=O)(=O)N[C@@H](C)C(=O)NCc2cccnc2)c1. The van der Waals surface area contributed by atoms with Crippen molar-refractivity contribution in [3.05, 3.63) is 59.4 Å². The van der Waals surface area contributed by atoms with Crippen molar-refractivity contribution in [2.45, 2.75) is 38.3 Å². The summed E-state index contributed by atoms with van der Waals surface area (Å²) in [5.41, 5.74) is 2.32. The number of aryl methyl sites for hydroxylation is 2. The van der Waals surface area contributed by atoms with Crippen molar-refractivity contribution in [1.29, 1.82) is 0 Å². The predicted octanol–water partition coefficient (Wildman–Crippen LogP) is 1.68. The highest BCUT2D eigenvalue weighted by Crippen LogP contribution is 2.16. The van der Waals surface area contributed by atoms with Crippen LogP contribution in [0.5, 0.6) is 0 Å². The molecule has 24 heavy (non-hydrogen) atoms. The highest BCUT2D eigenvalue weighted by molar-refractivity contribution is 7.89. The Morgan fingerprint density at radius 2 is 2.00 bits per heavy atom. The van der Waals surface area contributed by atoms with Gasteiger partial charge in [-0.05, 0) is 49.6 Å². The molecule has 1 aromatic carbocycles. The largest absolute Gasteiger partial charge is 0.351 e. The fraction of sp³-hybridized carbons (Fsp3) is 0.294. The number of benzene rings is 1. The Bertz CT molecular complexity index is 820. The summed E-state index contributed by atoms with van der Waals surface area (Å²) >= 11 is 0. The number of hydrogen-bond acceptors (Lipinski definition) is 4. The Kier molecular flexibility index (Phi) is 5.69. The van der Waals surface area contributed by atoms with E-state index in [1.54, 1.807) is 37.5 Å². The van der Waals surface area contributed by atoms with E-state index in [1.807, 2.05) is 19.1 Å². The minimum absolute atomic E-state index is 0.189. The topological polar surface area (TPSA) is 88.2 Å². The highest BCUT2D eigenvalue weighted by Gasteiger charge is 2.23. The molecule has 1 heterocycles. The van der Waals surface area contributed by atoms with Crippen LogP contribution < -0.4 is 10.0 Å². The maximum atomic E-state index is 12.5. The second-order valence-corrected chi connectivity index (χ2v) is 7.37. The molecule has 0 aliphatic rings. The Labute approximate surface area is 142 Å². The number of pyridine rings is 1. The third-order valence-electron chi connectivity index (χ3n) is 3.55. The smallest absolute Gasteiger partial charge is 0.241 e. The molecule has 1 amide bonds. The van der Waals surface area contributed by atoms with E-state index in [0.717, 1.165) is 11.1 Å². The van der Waals surface area contributed by atoms with Gasteiger partial charge in [0.1, 0.15) is 0 Å². The lowest BCUT2D eigenvalue weighted by Crippen LogP contribution is -2.44. The summed E-state index contributed by atoms with van der Waals surface area (Å²) in [6, 6.07) is 7.91. The number of rotatable bonds is 6. The molecule has 0 unspecified atom stereocenters. The fourth-order valence-corrected chi connectivity index (χ4v) is 3.72. The molecule has 0 saturated carbocycles. The second kappa shape index (κ2) is 7.55. The van der Waals surface area contributed by atoms with Gasteiger partial charge in [0.05, 0.1) is 10.9 Å². The van der Waals surface area contributed by atoms with Gasteiger partial charge in [0.25, 0.3) is 0 Å². The van der Waals surface area contributed by atoms with E-state index < -0.39 is 22.0 Å². The monoisotopic (exact) mass is 347 g/mol. The summed E-state index contributed by atoms with van der Waals surface area (Å²) in [4.78, 5) is 16.3. The Hall–Kier alpha value is -2.25. The van der Waals surface area contributed by atoms with Crippen LogP contribution in [0.1, 0.15) is 23.6 Å². The van der Waals surface area contributed by atoms with Crippen molar-refractivity contribution in [2.24, 2.45) is 0 Å².